The van der Waals surface area contributed by atoms with Crippen LogP contribution in [0.4, 0.5) is 5.69 Å². The summed E-state index contributed by atoms with van der Waals surface area (Å²) in [6.45, 7) is 32.4. The third-order valence-electron chi connectivity index (χ3n) is 26.3. The van der Waals surface area contributed by atoms with Gasteiger partial charge in [0.25, 0.3) is 0 Å². The molecule has 143 heavy (non-hydrogen) atoms. The Hall–Kier alpha value is -10.5. The van der Waals surface area contributed by atoms with Crippen LogP contribution >= 0.6 is 0 Å². The Balaban J connectivity index is 0.000000290. The van der Waals surface area contributed by atoms with Gasteiger partial charge in [0.05, 0.1) is 20.4 Å². The zero-order chi connectivity index (χ0) is 102. The molecule has 2 amide bonds. The van der Waals surface area contributed by atoms with Gasteiger partial charge in [0.15, 0.2) is 17.3 Å². The first-order valence-electron chi connectivity index (χ1n) is 47.8. The van der Waals surface area contributed by atoms with Gasteiger partial charge >= 0.3 is 79.9 Å². The van der Waals surface area contributed by atoms with Crippen LogP contribution in [0.25, 0.3) is 59.9 Å². The van der Waals surface area contributed by atoms with Crippen molar-refractivity contribution in [2.24, 2.45) is 0 Å². The summed E-state index contributed by atoms with van der Waals surface area (Å²) in [6, 6.07) is 65.0. The van der Waals surface area contributed by atoms with E-state index >= 15 is 0 Å². The van der Waals surface area contributed by atoms with Gasteiger partial charge in [-0.15, -0.1) is 0 Å². The summed E-state index contributed by atoms with van der Waals surface area (Å²) in [6.07, 6.45) is 9.41. The smallest absolute Gasteiger partial charge is 0.748 e. The fourth-order valence-corrected chi connectivity index (χ4v) is 20.1. The summed E-state index contributed by atoms with van der Waals surface area (Å²) in [5.74, 6) is -1.01. The van der Waals surface area contributed by atoms with Gasteiger partial charge in [0.2, 0.25) is 17.5 Å². The van der Waals surface area contributed by atoms with E-state index in [-0.39, 0.29) is 92.6 Å². The number of carbonyl (C=O) groups is 5. The van der Waals surface area contributed by atoms with Crippen LogP contribution in [-0.2, 0) is 97.2 Å². The topological polar surface area (TPSA) is 402 Å². The SMILES string of the molecule is C=C(C)C(=O)CCCCN(Cc1ccccc1B(O)O)Cc1c2ccccc2c(CN(CCCNC(=O)C(=C)C)Cc2ccccc2B(O)O)c2ccc(/C=C/C3=[N+](CCCS(=O)(=O)[O-])c4ccc5cc(S(=O)(=O)[O-])ccc5c4C3(C)C)cc12.C=C(C)C(=O)CCCCN(Cc1ccccc1B(O)O)Cc1c2ccccc2c(CN(CCCNC(=O)C(=C)C)Cc2ccccc2B(O)O)c2ccc(C=O)cc12.[K+]. The van der Waals surface area contributed by atoms with Gasteiger partial charge in [-0.2, -0.15) is 4.58 Å². The van der Waals surface area contributed by atoms with Gasteiger partial charge in [-0.1, -0.05) is 202 Å². The Kier molecular flexibility index (Phi) is 41.0. The quantitative estimate of drug-likeness (QED) is 0.00325. The van der Waals surface area contributed by atoms with Gasteiger partial charge < -0.3 is 59.9 Å². The van der Waals surface area contributed by atoms with Crippen LogP contribution in [0.3, 0.4) is 0 Å². The van der Waals surface area contributed by atoms with Gasteiger partial charge in [-0.3, -0.25) is 43.6 Å². The molecule has 0 radical (unpaired) electrons. The van der Waals surface area contributed by atoms with E-state index in [9.17, 15) is 90.1 Å². The molecule has 0 bridgehead atoms. The minimum Gasteiger partial charge on any atom is -0.748 e. The average molecular weight is 1990 g/mol. The molecule has 0 spiro atoms. The van der Waals surface area contributed by atoms with E-state index in [4.69, 9.17) is 0 Å². The monoisotopic (exact) mass is 1990 g/mol. The first-order chi connectivity index (χ1) is 67.7. The molecule has 1 heterocycles. The molecule has 26 nitrogen and oxygen atoms in total. The molecule has 0 unspecified atom stereocenters. The number of aldehydes is 1. The number of fused-ring (bicyclic) bond motifs is 7. The zero-order valence-electron chi connectivity index (χ0n) is 82.4. The Labute approximate surface area is 881 Å². The number of Topliss-reactive ketones (excluding diaryl/α,β-unsaturated/α-hetero) is 2. The summed E-state index contributed by atoms with van der Waals surface area (Å²) < 4.78 is 74.2. The molecule has 0 fully saturated rings. The van der Waals surface area contributed by atoms with Crippen LogP contribution in [0.5, 0.6) is 0 Å². The average Bonchev–Trinajstić information content (AvgIpc) is 1.56. The van der Waals surface area contributed by atoms with Crippen molar-refractivity contribution in [1.82, 2.24) is 30.2 Å². The third-order valence-corrected chi connectivity index (χ3v) is 27.9. The van der Waals surface area contributed by atoms with Crippen molar-refractivity contribution >= 4 is 172 Å². The molecule has 12 aromatic carbocycles. The number of rotatable bonds is 50. The fraction of sp³-hybridized carbons (Fsp3) is 0.291. The first-order valence-corrected chi connectivity index (χ1v) is 50.8. The van der Waals surface area contributed by atoms with E-state index in [1.165, 1.54) is 12.1 Å². The van der Waals surface area contributed by atoms with Gasteiger partial charge in [-0.05, 0) is 266 Å². The minimum absolute atomic E-state index is 0. The number of hydrogen-bond donors (Lipinski definition) is 10. The molecular formula is C110H124B4KN7O19S2. The first kappa shape index (κ1) is 113. The molecule has 738 valence electrons. The number of unbranched alkanes of at least 4 members (excludes halogenated alkanes) is 2. The summed E-state index contributed by atoms with van der Waals surface area (Å²) in [5, 5.41) is 97.8. The van der Waals surface area contributed by atoms with Crippen molar-refractivity contribution < 1.29 is 146 Å². The Morgan fingerprint density at radius 3 is 1.10 bits per heavy atom. The number of nitrogens with zero attached hydrogens (tertiary/aromatic N) is 5. The van der Waals surface area contributed by atoms with Crippen LogP contribution in [0.2, 0.25) is 0 Å². The standard InChI is InChI=1S/C64H72B2N4O12S2.C46H53B2N3O7.K/c1-43(2)60(71)23-13-14-33-68(39-47-17-7-11-21-57(47)65(73)74)42-56-52-20-10-9-19-51(52)55(41-69(34-15-32-67-63(72)44(3)4)40-48-18-8-12-22-58(48)66(75)76)53-28-24-45(37-54(53)56)25-31-61-64(5,6)62-50-29-27-49(84(80,81)82)38-46(50)26-30-59(62)70(61)35-16-36-83(77,78)79;1-32(2)45(53)20-11-12-24-50(27-35-14-5-9-18-43(35)47(55)56)30-42-38-17-8-7-16-37(38)41(39-22-21-34(31-52)26-40(39)42)29-51(25-13-23-49-46(54)33(3)4)28-36-15-6-10-19-44(36)48(57)58;/h7-12,17-22,24-31,37-38,73-76H,1,3,13-16,23,32-36,39-42H2,2,4-6H3,(H2-,67,72,77,78,79,80,81,82);5-10,14-19,21-22,26,31,55-58H,1,3,11-13,20,23-25,27-30H2,2,4H3,(H,49,54);/q;;+1/p-1/b31-25+;;. The van der Waals surface area contributed by atoms with Crippen LogP contribution in [0, 0.1) is 0 Å². The molecule has 0 atom stereocenters. The predicted octanol–water partition coefficient (Wildman–Crippen LogP) is 8.41. The zero-order valence-corrected chi connectivity index (χ0v) is 87.1. The summed E-state index contributed by atoms with van der Waals surface area (Å²) in [7, 11) is -16.0. The number of hydrogen-bond acceptors (Lipinski definition) is 23. The molecule has 0 saturated heterocycles. The number of benzene rings is 12. The van der Waals surface area contributed by atoms with E-state index in [1.54, 1.807) is 88.4 Å². The van der Waals surface area contributed by atoms with Gasteiger partial charge in [-0.25, -0.2) is 16.8 Å². The second kappa shape index (κ2) is 52.0. The normalized spacial score (nSPS) is 12.5. The van der Waals surface area contributed by atoms with Crippen molar-refractivity contribution in [1.29, 1.82) is 0 Å². The Morgan fingerprint density at radius 1 is 0.399 bits per heavy atom. The van der Waals surface area contributed by atoms with Crippen LogP contribution in [0.15, 0.2) is 272 Å². The number of nitrogens with one attached hydrogen (secondary N) is 2. The maximum absolute atomic E-state index is 12.7. The third kappa shape index (κ3) is 29.9. The maximum Gasteiger partial charge on any atom is 1.00 e. The number of carbonyl (C=O) groups excluding carboxylic acids is 5. The molecule has 0 aromatic heterocycles. The molecule has 12 aromatic rings. The largest absolute Gasteiger partial charge is 1.00 e. The van der Waals surface area contributed by atoms with Gasteiger partial charge in [0, 0.05) is 138 Å². The van der Waals surface area contributed by atoms with Crippen molar-refractivity contribution in [3.8, 4) is 0 Å². The van der Waals surface area contributed by atoms with Crippen molar-refractivity contribution in [3.63, 3.8) is 0 Å². The molecule has 33 heteroatoms. The minimum atomic E-state index is -4.76. The van der Waals surface area contributed by atoms with E-state index in [1.807, 2.05) is 134 Å². The maximum atomic E-state index is 12.7. The molecular weight excluding hydrogens is 1870 g/mol. The van der Waals surface area contributed by atoms with Crippen molar-refractivity contribution in [2.45, 2.75) is 162 Å². The Bertz CT molecular complexity index is 7060. The summed E-state index contributed by atoms with van der Waals surface area (Å²) in [5.41, 5.74) is 13.4. The number of ketones is 2. The summed E-state index contributed by atoms with van der Waals surface area (Å²) >= 11 is 0. The number of allylic oxidation sites excluding steroid dienone is 3. The molecule has 0 saturated carbocycles. The van der Waals surface area contributed by atoms with Crippen LogP contribution in [-0.4, -0.2) is 206 Å². The Morgan fingerprint density at radius 2 is 0.741 bits per heavy atom. The van der Waals surface area contributed by atoms with Crippen molar-refractivity contribution in [2.75, 3.05) is 51.6 Å². The van der Waals surface area contributed by atoms with E-state index in [0.717, 1.165) is 123 Å². The molecule has 0 aliphatic carbocycles. The molecule has 13 rings (SSSR count). The second-order valence-electron chi connectivity index (χ2n) is 37.4. The second-order valence-corrected chi connectivity index (χ2v) is 40.3. The number of amides is 2. The molecule has 10 N–H and O–H groups in total. The van der Waals surface area contributed by atoms with Crippen LogP contribution in [0.1, 0.15) is 165 Å². The van der Waals surface area contributed by atoms with Crippen LogP contribution < -0.4 is 83.9 Å². The van der Waals surface area contributed by atoms with Gasteiger partial charge in [0.1, 0.15) is 22.9 Å². The fourth-order valence-electron chi connectivity index (χ4n) is 19.1. The van der Waals surface area contributed by atoms with E-state index in [0.29, 0.717) is 197 Å². The van der Waals surface area contributed by atoms with E-state index < -0.39 is 59.9 Å². The van der Waals surface area contributed by atoms with Crippen molar-refractivity contribution in [3.05, 3.63) is 328 Å². The van der Waals surface area contributed by atoms with E-state index in [2.05, 4.69) is 92.9 Å². The molecule has 1 aliphatic rings. The summed E-state index contributed by atoms with van der Waals surface area (Å²) in [4.78, 5) is 70.9. The predicted molar refractivity (Wildman–Crippen MR) is 565 cm³/mol. The molecule has 1 aliphatic heterocycles.